The van der Waals surface area contributed by atoms with Gasteiger partial charge in [0.15, 0.2) is 0 Å². The van der Waals surface area contributed by atoms with Crippen molar-refractivity contribution in [2.45, 2.75) is 31.7 Å². The van der Waals surface area contributed by atoms with Gasteiger partial charge in [0.1, 0.15) is 0 Å². The average Bonchev–Trinajstić information content (AvgIpc) is 2.63. The Kier molecular flexibility index (Phi) is 3.50. The Morgan fingerprint density at radius 2 is 2.29 bits per heavy atom. The van der Waals surface area contributed by atoms with Gasteiger partial charge in [0.25, 0.3) is 0 Å². The molecule has 0 bridgehead atoms. The number of ether oxygens (including phenoxy) is 1. The molecule has 2 aliphatic rings. The highest BCUT2D eigenvalue weighted by Gasteiger charge is 2.38. The Morgan fingerprint density at radius 3 is 2.71 bits per heavy atom. The molecular formula is C11H20BrNO. The number of nitrogens with zero attached hydrogens (tertiary/aromatic N) is 1. The van der Waals surface area contributed by atoms with Gasteiger partial charge < -0.3 is 9.64 Å². The Bertz CT molecular complexity index is 182. The second-order valence-electron chi connectivity index (χ2n) is 4.92. The van der Waals surface area contributed by atoms with Crippen LogP contribution < -0.4 is 0 Å². The van der Waals surface area contributed by atoms with Crippen LogP contribution in [0.2, 0.25) is 0 Å². The lowest BCUT2D eigenvalue weighted by Gasteiger charge is -2.44. The summed E-state index contributed by atoms with van der Waals surface area (Å²) in [5, 5.41) is 1.16. The molecule has 1 unspecified atom stereocenters. The van der Waals surface area contributed by atoms with Crippen LogP contribution in [0, 0.1) is 5.41 Å². The number of halogens is 1. The van der Waals surface area contributed by atoms with Crippen molar-refractivity contribution >= 4 is 15.9 Å². The van der Waals surface area contributed by atoms with Crippen molar-refractivity contribution < 1.29 is 4.74 Å². The van der Waals surface area contributed by atoms with E-state index in [0.717, 1.165) is 18.5 Å². The van der Waals surface area contributed by atoms with E-state index in [2.05, 4.69) is 27.9 Å². The average molecular weight is 262 g/mol. The van der Waals surface area contributed by atoms with Crippen molar-refractivity contribution in [2.24, 2.45) is 5.41 Å². The monoisotopic (exact) mass is 261 g/mol. The summed E-state index contributed by atoms with van der Waals surface area (Å²) in [6.07, 6.45) is 5.43. The predicted octanol–water partition coefficient (Wildman–Crippen LogP) is 2.27. The number of hydrogen-bond acceptors (Lipinski definition) is 2. The van der Waals surface area contributed by atoms with E-state index in [1.807, 2.05) is 0 Å². The summed E-state index contributed by atoms with van der Waals surface area (Å²) in [6.45, 7) is 3.14. The molecule has 1 saturated carbocycles. The highest BCUT2D eigenvalue weighted by Crippen LogP contribution is 2.43. The summed E-state index contributed by atoms with van der Waals surface area (Å²) in [4.78, 5) is 2.51. The maximum atomic E-state index is 5.42. The molecular weight excluding hydrogens is 242 g/mol. The van der Waals surface area contributed by atoms with Gasteiger partial charge >= 0.3 is 0 Å². The van der Waals surface area contributed by atoms with E-state index in [9.17, 15) is 0 Å². The molecule has 0 spiro atoms. The van der Waals surface area contributed by atoms with Crippen LogP contribution in [0.4, 0.5) is 0 Å². The van der Waals surface area contributed by atoms with Crippen molar-refractivity contribution in [3.8, 4) is 0 Å². The fraction of sp³-hybridized carbons (Fsp3) is 1.00. The molecule has 2 nitrogen and oxygen atoms in total. The second-order valence-corrected chi connectivity index (χ2v) is 5.48. The fourth-order valence-corrected chi connectivity index (χ4v) is 3.28. The first-order valence-corrected chi connectivity index (χ1v) is 6.72. The molecule has 1 saturated heterocycles. The van der Waals surface area contributed by atoms with Crippen molar-refractivity contribution in [1.29, 1.82) is 0 Å². The Balaban J connectivity index is 1.83. The molecule has 2 fully saturated rings. The zero-order valence-corrected chi connectivity index (χ0v) is 10.6. The largest absolute Gasteiger partial charge is 0.380 e. The lowest BCUT2D eigenvalue weighted by Crippen LogP contribution is -2.46. The standard InChI is InChI=1S/C11H20BrNO/c1-13(10-3-6-14-7-10)9-11(8-12)4-2-5-11/h10H,2-9H2,1H3. The summed E-state index contributed by atoms with van der Waals surface area (Å²) < 4.78 is 5.42. The van der Waals surface area contributed by atoms with E-state index in [1.54, 1.807) is 0 Å². The van der Waals surface area contributed by atoms with Crippen LogP contribution in [0.5, 0.6) is 0 Å². The predicted molar refractivity (Wildman–Crippen MR) is 61.9 cm³/mol. The summed E-state index contributed by atoms with van der Waals surface area (Å²) in [6, 6.07) is 0.673. The van der Waals surface area contributed by atoms with Crippen LogP contribution in [0.3, 0.4) is 0 Å². The van der Waals surface area contributed by atoms with Crippen LogP contribution in [0.25, 0.3) is 0 Å². The molecule has 2 rings (SSSR count). The van der Waals surface area contributed by atoms with Gasteiger partial charge in [-0.05, 0) is 31.7 Å². The topological polar surface area (TPSA) is 12.5 Å². The number of alkyl halides is 1. The zero-order chi connectivity index (χ0) is 10.0. The van der Waals surface area contributed by atoms with Crippen LogP contribution in [-0.2, 0) is 4.74 Å². The molecule has 1 heterocycles. The van der Waals surface area contributed by atoms with Crippen molar-refractivity contribution in [2.75, 3.05) is 32.1 Å². The Labute approximate surface area is 95.1 Å². The van der Waals surface area contributed by atoms with Crippen LogP contribution in [0.1, 0.15) is 25.7 Å². The van der Waals surface area contributed by atoms with Gasteiger partial charge in [-0.3, -0.25) is 0 Å². The third-order valence-electron chi connectivity index (χ3n) is 3.81. The van der Waals surface area contributed by atoms with Gasteiger partial charge in [0, 0.05) is 24.5 Å². The molecule has 3 heteroatoms. The van der Waals surface area contributed by atoms with E-state index in [0.29, 0.717) is 11.5 Å². The molecule has 1 atom stereocenters. The second kappa shape index (κ2) is 4.50. The SMILES string of the molecule is CN(CC1(CBr)CCC1)C1CCOC1. The van der Waals surface area contributed by atoms with Crippen LogP contribution >= 0.6 is 15.9 Å². The number of rotatable bonds is 4. The van der Waals surface area contributed by atoms with Crippen LogP contribution in [0.15, 0.2) is 0 Å². The molecule has 0 radical (unpaired) electrons. The lowest BCUT2D eigenvalue weighted by molar-refractivity contribution is 0.0753. The minimum Gasteiger partial charge on any atom is -0.380 e. The highest BCUT2D eigenvalue weighted by molar-refractivity contribution is 9.09. The third-order valence-corrected chi connectivity index (χ3v) is 5.00. The maximum absolute atomic E-state index is 5.42. The number of hydrogen-bond donors (Lipinski definition) is 0. The van der Waals surface area contributed by atoms with E-state index in [4.69, 9.17) is 4.74 Å². The smallest absolute Gasteiger partial charge is 0.0622 e. The van der Waals surface area contributed by atoms with Crippen molar-refractivity contribution in [3.63, 3.8) is 0 Å². The molecule has 14 heavy (non-hydrogen) atoms. The van der Waals surface area contributed by atoms with E-state index in [-0.39, 0.29) is 0 Å². The molecule has 0 N–H and O–H groups in total. The van der Waals surface area contributed by atoms with Gasteiger partial charge in [0.05, 0.1) is 6.61 Å². The minimum atomic E-state index is 0.581. The van der Waals surface area contributed by atoms with Crippen molar-refractivity contribution in [3.05, 3.63) is 0 Å². The minimum absolute atomic E-state index is 0.581. The summed E-state index contributed by atoms with van der Waals surface area (Å²) in [7, 11) is 2.25. The van der Waals surface area contributed by atoms with E-state index < -0.39 is 0 Å². The first-order valence-electron chi connectivity index (χ1n) is 5.60. The fourth-order valence-electron chi connectivity index (χ4n) is 2.54. The molecule has 0 amide bonds. The van der Waals surface area contributed by atoms with Gasteiger partial charge in [-0.25, -0.2) is 0 Å². The first-order chi connectivity index (χ1) is 6.76. The van der Waals surface area contributed by atoms with Gasteiger partial charge in [-0.1, -0.05) is 22.4 Å². The van der Waals surface area contributed by atoms with E-state index in [1.165, 1.54) is 32.2 Å². The summed E-state index contributed by atoms with van der Waals surface area (Å²) in [5.41, 5.74) is 0.581. The molecule has 1 aliphatic heterocycles. The molecule has 82 valence electrons. The Morgan fingerprint density at radius 1 is 1.50 bits per heavy atom. The number of likely N-dealkylation sites (N-methyl/N-ethyl adjacent to an activating group) is 1. The highest BCUT2D eigenvalue weighted by atomic mass is 79.9. The quantitative estimate of drug-likeness (QED) is 0.721. The van der Waals surface area contributed by atoms with Gasteiger partial charge in [-0.15, -0.1) is 0 Å². The third kappa shape index (κ3) is 2.15. The Hall–Kier alpha value is 0.400. The summed E-state index contributed by atoms with van der Waals surface area (Å²) in [5.74, 6) is 0. The van der Waals surface area contributed by atoms with Crippen LogP contribution in [-0.4, -0.2) is 43.1 Å². The molecule has 1 aliphatic carbocycles. The van der Waals surface area contributed by atoms with E-state index >= 15 is 0 Å². The van der Waals surface area contributed by atoms with Gasteiger partial charge in [-0.2, -0.15) is 0 Å². The molecule has 0 aromatic rings. The zero-order valence-electron chi connectivity index (χ0n) is 8.97. The molecule has 0 aromatic carbocycles. The van der Waals surface area contributed by atoms with Gasteiger partial charge in [0.2, 0.25) is 0 Å². The first kappa shape index (κ1) is 10.9. The van der Waals surface area contributed by atoms with Crippen molar-refractivity contribution in [1.82, 2.24) is 4.90 Å². The summed E-state index contributed by atoms with van der Waals surface area (Å²) >= 11 is 3.66. The molecule has 0 aromatic heterocycles. The normalized spacial score (nSPS) is 30.6. The lowest BCUT2D eigenvalue weighted by atomic mass is 9.70. The maximum Gasteiger partial charge on any atom is 0.0622 e.